The number of nitrogens with zero attached hydrogens (tertiary/aromatic N) is 1. The van der Waals surface area contributed by atoms with Crippen LogP contribution in [0.3, 0.4) is 0 Å². The van der Waals surface area contributed by atoms with Gasteiger partial charge in [-0.05, 0) is 23.1 Å². The van der Waals surface area contributed by atoms with E-state index in [0.717, 1.165) is 6.07 Å². The van der Waals surface area contributed by atoms with E-state index in [4.69, 9.17) is 0 Å². The monoisotopic (exact) mass is 416 g/mol. The minimum absolute atomic E-state index is 0.0111. The standard InChI is InChI=1S/C22H19F3N2O3/c1-21(2,15-8-10-16(11-9-15)30-22(23,24)25)13-18(28)17-12-19(29)27-20(26-17)14-6-4-3-5-7-14/h3-12H,13H2,1-2H3,(H,26,27,29). The Morgan fingerprint density at radius 2 is 1.67 bits per heavy atom. The van der Waals surface area contributed by atoms with Gasteiger partial charge in [0.2, 0.25) is 0 Å². The normalized spacial score (nSPS) is 11.9. The predicted octanol–water partition coefficient (Wildman–Crippen LogP) is 4.89. The van der Waals surface area contributed by atoms with E-state index < -0.39 is 17.3 Å². The lowest BCUT2D eigenvalue weighted by Gasteiger charge is -2.24. The number of Topliss-reactive ketones (excluding diaryl/α,β-unsaturated/α-hetero) is 1. The lowest BCUT2D eigenvalue weighted by Crippen LogP contribution is -2.24. The van der Waals surface area contributed by atoms with Crippen LogP contribution in [0.15, 0.2) is 65.5 Å². The lowest BCUT2D eigenvalue weighted by atomic mass is 9.79. The number of H-pyrrole nitrogens is 1. The van der Waals surface area contributed by atoms with Gasteiger partial charge in [-0.2, -0.15) is 0 Å². The number of carbonyl (C=O) groups excluding carboxylic acids is 1. The number of rotatable bonds is 6. The molecule has 1 N–H and O–H groups in total. The first kappa shape index (κ1) is 21.3. The molecule has 0 fully saturated rings. The first-order chi connectivity index (χ1) is 14.0. The minimum Gasteiger partial charge on any atom is -0.406 e. The Labute approximate surface area is 170 Å². The molecule has 1 aromatic heterocycles. The fraction of sp³-hybridized carbons (Fsp3) is 0.227. The SMILES string of the molecule is CC(C)(CC(=O)c1cc(=O)[nH]c(-c2ccccc2)n1)c1ccc(OC(F)(F)F)cc1. The molecule has 0 aliphatic carbocycles. The van der Waals surface area contributed by atoms with E-state index >= 15 is 0 Å². The number of nitrogens with one attached hydrogen (secondary N) is 1. The van der Waals surface area contributed by atoms with Gasteiger partial charge in [-0.1, -0.05) is 56.3 Å². The highest BCUT2D eigenvalue weighted by molar-refractivity contribution is 5.95. The van der Waals surface area contributed by atoms with Crippen LogP contribution in [-0.4, -0.2) is 22.1 Å². The van der Waals surface area contributed by atoms with Crippen molar-refractivity contribution in [3.63, 3.8) is 0 Å². The first-order valence-corrected chi connectivity index (χ1v) is 9.10. The summed E-state index contributed by atoms with van der Waals surface area (Å²) in [6, 6.07) is 15.4. The van der Waals surface area contributed by atoms with Crippen LogP contribution in [0.5, 0.6) is 5.75 Å². The first-order valence-electron chi connectivity index (χ1n) is 9.10. The number of halogens is 3. The number of hydrogen-bond donors (Lipinski definition) is 1. The molecule has 1 heterocycles. The summed E-state index contributed by atoms with van der Waals surface area (Å²) in [6.07, 6.45) is -4.76. The molecule has 0 aliphatic heterocycles. The van der Waals surface area contributed by atoms with Gasteiger partial charge in [0.1, 0.15) is 17.3 Å². The van der Waals surface area contributed by atoms with Gasteiger partial charge in [0.05, 0.1) is 0 Å². The van der Waals surface area contributed by atoms with Gasteiger partial charge < -0.3 is 9.72 Å². The average Bonchev–Trinajstić information content (AvgIpc) is 2.67. The molecule has 0 spiro atoms. The van der Waals surface area contributed by atoms with Crippen molar-refractivity contribution in [3.8, 4) is 17.1 Å². The summed E-state index contributed by atoms with van der Waals surface area (Å²) < 4.78 is 40.8. The molecule has 3 aromatic rings. The highest BCUT2D eigenvalue weighted by Crippen LogP contribution is 2.31. The van der Waals surface area contributed by atoms with Crippen LogP contribution in [-0.2, 0) is 5.41 Å². The number of benzene rings is 2. The Bertz CT molecular complexity index is 1090. The maximum Gasteiger partial charge on any atom is 0.573 e. The highest BCUT2D eigenvalue weighted by Gasteiger charge is 2.31. The number of aromatic amines is 1. The molecular formula is C22H19F3N2O3. The van der Waals surface area contributed by atoms with Crippen molar-refractivity contribution in [1.29, 1.82) is 0 Å². The van der Waals surface area contributed by atoms with Gasteiger partial charge in [-0.3, -0.25) is 9.59 Å². The predicted molar refractivity (Wildman–Crippen MR) is 105 cm³/mol. The molecule has 5 nitrogen and oxygen atoms in total. The molecule has 30 heavy (non-hydrogen) atoms. The fourth-order valence-electron chi connectivity index (χ4n) is 3.04. The van der Waals surface area contributed by atoms with Crippen molar-refractivity contribution in [1.82, 2.24) is 9.97 Å². The van der Waals surface area contributed by atoms with Crippen LogP contribution in [0.25, 0.3) is 11.4 Å². The van der Waals surface area contributed by atoms with Gasteiger partial charge in [-0.25, -0.2) is 4.98 Å². The van der Waals surface area contributed by atoms with E-state index in [1.54, 1.807) is 38.1 Å². The number of ether oxygens (including phenoxy) is 1. The van der Waals surface area contributed by atoms with Crippen LogP contribution in [0, 0.1) is 0 Å². The van der Waals surface area contributed by atoms with Gasteiger partial charge in [-0.15, -0.1) is 13.2 Å². The number of ketones is 1. The number of hydrogen-bond acceptors (Lipinski definition) is 4. The van der Waals surface area contributed by atoms with Crippen LogP contribution >= 0.6 is 0 Å². The zero-order valence-electron chi connectivity index (χ0n) is 16.3. The molecule has 156 valence electrons. The van der Waals surface area contributed by atoms with Gasteiger partial charge in [0.25, 0.3) is 5.56 Å². The summed E-state index contributed by atoms with van der Waals surface area (Å²) in [5.74, 6) is -0.394. The van der Waals surface area contributed by atoms with E-state index in [1.165, 1.54) is 24.3 Å². The van der Waals surface area contributed by atoms with E-state index in [-0.39, 0.29) is 29.5 Å². The van der Waals surface area contributed by atoms with Crippen LogP contribution < -0.4 is 10.3 Å². The maximum atomic E-state index is 12.8. The van der Waals surface area contributed by atoms with Crippen molar-refractivity contribution in [2.24, 2.45) is 0 Å². The molecular weight excluding hydrogens is 397 g/mol. The molecule has 0 bridgehead atoms. The lowest BCUT2D eigenvalue weighted by molar-refractivity contribution is -0.274. The van der Waals surface area contributed by atoms with Crippen molar-refractivity contribution < 1.29 is 22.7 Å². The summed E-state index contributed by atoms with van der Waals surface area (Å²) in [4.78, 5) is 31.8. The Morgan fingerprint density at radius 3 is 2.27 bits per heavy atom. The molecule has 0 unspecified atom stereocenters. The summed E-state index contributed by atoms with van der Waals surface area (Å²) in [7, 11) is 0. The largest absolute Gasteiger partial charge is 0.573 e. The van der Waals surface area contributed by atoms with E-state index in [0.29, 0.717) is 11.1 Å². The summed E-state index contributed by atoms with van der Waals surface area (Å²) in [5, 5.41) is 0. The van der Waals surface area contributed by atoms with Crippen molar-refractivity contribution in [2.45, 2.75) is 32.0 Å². The average molecular weight is 416 g/mol. The third kappa shape index (κ3) is 5.34. The van der Waals surface area contributed by atoms with Crippen LogP contribution in [0.1, 0.15) is 36.3 Å². The highest BCUT2D eigenvalue weighted by atomic mass is 19.4. The molecule has 0 aliphatic rings. The minimum atomic E-state index is -4.77. The molecule has 0 saturated heterocycles. The third-order valence-electron chi connectivity index (χ3n) is 4.55. The van der Waals surface area contributed by atoms with Crippen LogP contribution in [0.2, 0.25) is 0 Å². The summed E-state index contributed by atoms with van der Waals surface area (Å²) in [6.45, 7) is 3.58. The second kappa shape index (κ2) is 8.14. The Kier molecular flexibility index (Phi) is 5.78. The summed E-state index contributed by atoms with van der Waals surface area (Å²) >= 11 is 0. The topological polar surface area (TPSA) is 72.0 Å². The van der Waals surface area contributed by atoms with Crippen LogP contribution in [0.4, 0.5) is 13.2 Å². The fourth-order valence-corrected chi connectivity index (χ4v) is 3.04. The molecule has 0 saturated carbocycles. The van der Waals surface area contributed by atoms with Crippen molar-refractivity contribution in [2.75, 3.05) is 0 Å². The number of carbonyl (C=O) groups is 1. The quantitative estimate of drug-likeness (QED) is 0.581. The zero-order valence-corrected chi connectivity index (χ0v) is 16.3. The summed E-state index contributed by atoms with van der Waals surface area (Å²) in [5.41, 5.74) is 0.203. The number of alkyl halides is 3. The Hall–Kier alpha value is -3.42. The van der Waals surface area contributed by atoms with Gasteiger partial charge in [0.15, 0.2) is 5.78 Å². The molecule has 0 radical (unpaired) electrons. The second-order valence-electron chi connectivity index (χ2n) is 7.40. The van der Waals surface area contributed by atoms with E-state index in [1.807, 2.05) is 6.07 Å². The number of aromatic nitrogens is 2. The zero-order chi connectivity index (χ0) is 21.9. The Balaban J connectivity index is 1.81. The van der Waals surface area contributed by atoms with Crippen molar-refractivity contribution in [3.05, 3.63) is 82.3 Å². The van der Waals surface area contributed by atoms with Gasteiger partial charge in [0, 0.05) is 18.1 Å². The van der Waals surface area contributed by atoms with E-state index in [9.17, 15) is 22.8 Å². The molecule has 8 heteroatoms. The maximum absolute atomic E-state index is 12.8. The molecule has 0 atom stereocenters. The molecule has 0 amide bonds. The second-order valence-corrected chi connectivity index (χ2v) is 7.40. The molecule has 2 aromatic carbocycles. The smallest absolute Gasteiger partial charge is 0.406 e. The van der Waals surface area contributed by atoms with Gasteiger partial charge >= 0.3 is 6.36 Å². The molecule has 3 rings (SSSR count). The Morgan fingerprint density at radius 1 is 1.03 bits per heavy atom. The van der Waals surface area contributed by atoms with Crippen molar-refractivity contribution >= 4 is 5.78 Å². The third-order valence-corrected chi connectivity index (χ3v) is 4.55. The van der Waals surface area contributed by atoms with E-state index in [2.05, 4.69) is 14.7 Å².